The molecule has 0 saturated heterocycles. The van der Waals surface area contributed by atoms with Gasteiger partial charge in [-0.05, 0) is 30.7 Å². The number of alkyl halides is 3. The van der Waals surface area contributed by atoms with Gasteiger partial charge in [0.15, 0.2) is 5.96 Å². The maximum atomic E-state index is 12.4. The average Bonchev–Trinajstić information content (AvgIpc) is 2.44. The summed E-state index contributed by atoms with van der Waals surface area (Å²) in [6.45, 7) is 2.58. The highest BCUT2D eigenvalue weighted by molar-refractivity contribution is 14.0. The van der Waals surface area contributed by atoms with Crippen LogP contribution in [0.2, 0.25) is 0 Å². The van der Waals surface area contributed by atoms with Gasteiger partial charge < -0.3 is 15.4 Å². The van der Waals surface area contributed by atoms with Crippen LogP contribution in [0, 0.1) is 0 Å². The van der Waals surface area contributed by atoms with Gasteiger partial charge in [-0.25, -0.2) is 0 Å². The minimum atomic E-state index is -4.31. The summed E-state index contributed by atoms with van der Waals surface area (Å²) in [5.74, 6) is 1.16. The lowest BCUT2D eigenvalue weighted by atomic mass is 10.2. The number of aliphatic imine (C=N–C) groups is 1. The monoisotopic (exact) mass is 415 g/mol. The van der Waals surface area contributed by atoms with Gasteiger partial charge in [-0.15, -0.1) is 24.0 Å². The van der Waals surface area contributed by atoms with Gasteiger partial charge in [0, 0.05) is 13.1 Å². The van der Waals surface area contributed by atoms with E-state index in [9.17, 15) is 13.2 Å². The van der Waals surface area contributed by atoms with Crippen LogP contribution in [-0.4, -0.2) is 32.2 Å². The van der Waals surface area contributed by atoms with Crippen LogP contribution in [-0.2, 0) is 6.18 Å². The third-order valence-electron chi connectivity index (χ3n) is 2.74. The Morgan fingerprint density at radius 2 is 1.95 bits per heavy atom. The third-order valence-corrected chi connectivity index (χ3v) is 2.74. The van der Waals surface area contributed by atoms with E-state index in [1.54, 1.807) is 0 Å². The van der Waals surface area contributed by atoms with Gasteiger partial charge in [-0.2, -0.15) is 13.2 Å². The predicted octanol–water partition coefficient (Wildman–Crippen LogP) is 2.64. The van der Waals surface area contributed by atoms with Crippen LogP contribution in [0.25, 0.3) is 0 Å². The van der Waals surface area contributed by atoms with E-state index < -0.39 is 11.7 Å². The Balaban J connectivity index is 0.00000220. The molecule has 1 aromatic rings. The molecule has 0 spiro atoms. The van der Waals surface area contributed by atoms with Gasteiger partial charge in [0.05, 0.1) is 12.1 Å². The number of ether oxygens (including phenoxy) is 1. The fourth-order valence-electron chi connectivity index (χ4n) is 1.73. The topological polar surface area (TPSA) is 45.6 Å². The number of rotatable bonds is 4. The lowest BCUT2D eigenvalue weighted by Crippen LogP contribution is -2.42. The van der Waals surface area contributed by atoms with E-state index in [1.807, 2.05) is 0 Å². The summed E-state index contributed by atoms with van der Waals surface area (Å²) in [6.07, 6.45) is -3.29. The first-order valence-electron chi connectivity index (χ1n) is 6.38. The molecule has 0 atom stereocenters. The largest absolute Gasteiger partial charge is 0.492 e. The summed E-state index contributed by atoms with van der Waals surface area (Å²) in [5, 5.41) is 6.16. The van der Waals surface area contributed by atoms with Crippen molar-refractivity contribution in [1.29, 1.82) is 0 Å². The van der Waals surface area contributed by atoms with E-state index in [-0.39, 0.29) is 24.0 Å². The quantitative estimate of drug-likeness (QED) is 0.588. The first-order chi connectivity index (χ1) is 9.55. The number of hydrogen-bond donors (Lipinski definition) is 2. The van der Waals surface area contributed by atoms with Crippen molar-refractivity contribution < 1.29 is 17.9 Å². The molecule has 118 valence electrons. The fraction of sp³-hybridized carbons (Fsp3) is 0.462. The molecule has 1 heterocycles. The number of hydrogen-bond acceptors (Lipinski definition) is 4. The summed E-state index contributed by atoms with van der Waals surface area (Å²) >= 11 is 0. The number of guanidine groups is 1. The molecule has 0 saturated carbocycles. The van der Waals surface area contributed by atoms with Crippen LogP contribution in [0.15, 0.2) is 29.3 Å². The molecule has 0 aromatic heterocycles. The van der Waals surface area contributed by atoms with E-state index >= 15 is 0 Å². The normalized spacial score (nSPS) is 14.5. The van der Waals surface area contributed by atoms with Crippen molar-refractivity contribution in [3.63, 3.8) is 0 Å². The first kappa shape index (κ1) is 17.9. The minimum absolute atomic E-state index is 0. The van der Waals surface area contributed by atoms with E-state index in [0.29, 0.717) is 18.9 Å². The highest BCUT2D eigenvalue weighted by Crippen LogP contribution is 2.30. The van der Waals surface area contributed by atoms with Crippen LogP contribution in [0.1, 0.15) is 12.0 Å². The van der Waals surface area contributed by atoms with Gasteiger partial charge in [0.2, 0.25) is 0 Å². The maximum absolute atomic E-state index is 12.4. The van der Waals surface area contributed by atoms with Crippen LogP contribution < -0.4 is 15.4 Å². The smallest absolute Gasteiger partial charge is 0.416 e. The lowest BCUT2D eigenvalue weighted by molar-refractivity contribution is -0.137. The molecule has 8 heteroatoms. The van der Waals surface area contributed by atoms with E-state index in [2.05, 4.69) is 15.6 Å². The Kier molecular flexibility index (Phi) is 7.06. The zero-order chi connectivity index (χ0) is 14.4. The molecule has 1 aromatic carbocycles. The highest BCUT2D eigenvalue weighted by Gasteiger charge is 2.29. The molecule has 0 aliphatic carbocycles. The number of benzene rings is 1. The zero-order valence-electron chi connectivity index (χ0n) is 11.2. The Morgan fingerprint density at radius 3 is 2.52 bits per heavy atom. The summed E-state index contributed by atoms with van der Waals surface area (Å²) in [7, 11) is 0. The van der Waals surface area contributed by atoms with Gasteiger partial charge in [0.25, 0.3) is 0 Å². The third kappa shape index (κ3) is 5.98. The van der Waals surface area contributed by atoms with Crippen molar-refractivity contribution in [1.82, 2.24) is 10.6 Å². The molecule has 0 fully saturated rings. The molecule has 0 radical (unpaired) electrons. The molecule has 0 amide bonds. The Morgan fingerprint density at radius 1 is 1.24 bits per heavy atom. The predicted molar refractivity (Wildman–Crippen MR) is 85.3 cm³/mol. The van der Waals surface area contributed by atoms with Gasteiger partial charge in [-0.1, -0.05) is 0 Å². The SMILES string of the molecule is FC(F)(F)c1ccc(OCCNC2=NCCCN2)cc1.I. The van der Waals surface area contributed by atoms with Crippen LogP contribution in [0.4, 0.5) is 13.2 Å². The van der Waals surface area contributed by atoms with Crippen molar-refractivity contribution >= 4 is 29.9 Å². The van der Waals surface area contributed by atoms with E-state index in [1.165, 1.54) is 12.1 Å². The molecule has 0 bridgehead atoms. The molecule has 1 aliphatic rings. The van der Waals surface area contributed by atoms with Crippen LogP contribution in [0.5, 0.6) is 5.75 Å². The number of nitrogens with zero attached hydrogens (tertiary/aromatic N) is 1. The Bertz CT molecular complexity index is 463. The fourth-order valence-corrected chi connectivity index (χ4v) is 1.73. The zero-order valence-corrected chi connectivity index (χ0v) is 13.6. The molecule has 21 heavy (non-hydrogen) atoms. The van der Waals surface area contributed by atoms with Gasteiger partial charge in [0.1, 0.15) is 12.4 Å². The van der Waals surface area contributed by atoms with Crippen LogP contribution in [0.3, 0.4) is 0 Å². The van der Waals surface area contributed by atoms with Gasteiger partial charge >= 0.3 is 6.18 Å². The Labute approximate surface area is 138 Å². The van der Waals surface area contributed by atoms with Crippen molar-refractivity contribution in [3.05, 3.63) is 29.8 Å². The second-order valence-corrected chi connectivity index (χ2v) is 4.31. The molecular weight excluding hydrogens is 398 g/mol. The molecule has 0 unspecified atom stereocenters. The summed E-state index contributed by atoms with van der Waals surface area (Å²) in [6, 6.07) is 4.66. The van der Waals surface area contributed by atoms with Gasteiger partial charge in [-0.3, -0.25) is 4.99 Å². The minimum Gasteiger partial charge on any atom is -0.492 e. The second-order valence-electron chi connectivity index (χ2n) is 4.31. The van der Waals surface area contributed by atoms with Crippen molar-refractivity contribution in [2.24, 2.45) is 4.99 Å². The molecule has 1 aliphatic heterocycles. The molecule has 2 N–H and O–H groups in total. The molecule has 4 nitrogen and oxygen atoms in total. The average molecular weight is 415 g/mol. The highest BCUT2D eigenvalue weighted by atomic mass is 127. The van der Waals surface area contributed by atoms with E-state index in [4.69, 9.17) is 4.74 Å². The van der Waals surface area contributed by atoms with Crippen LogP contribution >= 0.6 is 24.0 Å². The van der Waals surface area contributed by atoms with Crippen molar-refractivity contribution in [2.45, 2.75) is 12.6 Å². The number of halogens is 4. The summed E-state index contributed by atoms with van der Waals surface area (Å²) in [4.78, 5) is 4.23. The van der Waals surface area contributed by atoms with Crippen molar-refractivity contribution in [2.75, 3.05) is 26.2 Å². The first-order valence-corrected chi connectivity index (χ1v) is 6.38. The summed E-state index contributed by atoms with van der Waals surface area (Å²) in [5.41, 5.74) is -0.677. The lowest BCUT2D eigenvalue weighted by Gasteiger charge is -2.16. The van der Waals surface area contributed by atoms with Crippen molar-refractivity contribution in [3.8, 4) is 5.75 Å². The second kappa shape index (κ2) is 8.30. The standard InChI is InChI=1S/C13H16F3N3O.HI/c14-13(15,16)10-2-4-11(5-3-10)20-9-8-19-12-17-6-1-7-18-12;/h2-5H,1,6-9H2,(H2,17,18,19);1H. The van der Waals surface area contributed by atoms with E-state index in [0.717, 1.165) is 37.6 Å². The number of nitrogens with one attached hydrogen (secondary N) is 2. The molecular formula is C13H17F3IN3O. The maximum Gasteiger partial charge on any atom is 0.416 e. The Hall–Kier alpha value is -1.19. The summed E-state index contributed by atoms with van der Waals surface area (Å²) < 4.78 is 42.4. The molecule has 2 rings (SSSR count).